The molecule has 4 nitrogen and oxygen atoms in total. The summed E-state index contributed by atoms with van der Waals surface area (Å²) in [5, 5.41) is 1.88. The highest BCUT2D eigenvalue weighted by Crippen LogP contribution is 2.50. The molecule has 2 aromatic carbocycles. The van der Waals surface area contributed by atoms with Crippen LogP contribution in [0.5, 0.6) is 0 Å². The molecule has 1 fully saturated rings. The first kappa shape index (κ1) is 20.1. The minimum Gasteiger partial charge on any atom is -0.355 e. The van der Waals surface area contributed by atoms with Crippen LogP contribution in [-0.4, -0.2) is 23.1 Å². The SMILES string of the molecule is NC1c2ccccc2CC12CCN(c1cnc(Sc3cccc(Cl)c3Cl)cn1)CC2. The van der Waals surface area contributed by atoms with E-state index in [2.05, 4.69) is 39.1 Å². The average Bonchev–Trinajstić information content (AvgIpc) is 3.04. The van der Waals surface area contributed by atoms with Crippen LogP contribution in [0.2, 0.25) is 10.0 Å². The molecule has 7 heteroatoms. The third-order valence-corrected chi connectivity index (χ3v) is 8.33. The zero-order valence-corrected chi connectivity index (χ0v) is 18.7. The third-order valence-electron chi connectivity index (χ3n) is 6.42. The van der Waals surface area contributed by atoms with Crippen LogP contribution in [0.1, 0.15) is 30.0 Å². The third kappa shape index (κ3) is 3.58. The van der Waals surface area contributed by atoms with Gasteiger partial charge in [0, 0.05) is 24.0 Å². The van der Waals surface area contributed by atoms with Gasteiger partial charge in [0.15, 0.2) is 0 Å². The predicted octanol–water partition coefficient (Wildman–Crippen LogP) is 5.78. The van der Waals surface area contributed by atoms with Gasteiger partial charge in [-0.2, -0.15) is 0 Å². The van der Waals surface area contributed by atoms with Gasteiger partial charge in [-0.1, -0.05) is 65.3 Å². The van der Waals surface area contributed by atoms with E-state index in [1.807, 2.05) is 18.3 Å². The monoisotopic (exact) mass is 456 g/mol. The van der Waals surface area contributed by atoms with E-state index in [4.69, 9.17) is 28.9 Å². The van der Waals surface area contributed by atoms with Crippen LogP contribution in [0, 0.1) is 5.41 Å². The number of hydrogen-bond donors (Lipinski definition) is 1. The van der Waals surface area contributed by atoms with Crippen molar-refractivity contribution in [3.05, 3.63) is 76.0 Å². The maximum Gasteiger partial charge on any atom is 0.147 e. The highest BCUT2D eigenvalue weighted by molar-refractivity contribution is 7.99. The minimum atomic E-state index is 0.128. The Labute approximate surface area is 190 Å². The smallest absolute Gasteiger partial charge is 0.147 e. The quantitative estimate of drug-likeness (QED) is 0.541. The van der Waals surface area contributed by atoms with Crippen molar-refractivity contribution in [3.8, 4) is 0 Å². The minimum absolute atomic E-state index is 0.128. The lowest BCUT2D eigenvalue weighted by Crippen LogP contribution is -2.44. The summed E-state index contributed by atoms with van der Waals surface area (Å²) in [6, 6.07) is 14.3. The lowest BCUT2D eigenvalue weighted by atomic mass is 9.73. The summed E-state index contributed by atoms with van der Waals surface area (Å²) in [6.45, 7) is 1.89. The van der Waals surface area contributed by atoms with Crippen molar-refractivity contribution < 1.29 is 0 Å². The van der Waals surface area contributed by atoms with Gasteiger partial charge >= 0.3 is 0 Å². The van der Waals surface area contributed by atoms with Crippen molar-refractivity contribution in [2.75, 3.05) is 18.0 Å². The molecule has 1 spiro atoms. The summed E-state index contributed by atoms with van der Waals surface area (Å²) in [4.78, 5) is 12.4. The van der Waals surface area contributed by atoms with E-state index in [1.165, 1.54) is 22.9 Å². The lowest BCUT2D eigenvalue weighted by Gasteiger charge is -2.42. The van der Waals surface area contributed by atoms with Gasteiger partial charge in [-0.15, -0.1) is 0 Å². The van der Waals surface area contributed by atoms with Gasteiger partial charge < -0.3 is 10.6 Å². The molecule has 1 saturated heterocycles. The Morgan fingerprint density at radius 2 is 1.80 bits per heavy atom. The van der Waals surface area contributed by atoms with Crippen LogP contribution in [0.25, 0.3) is 0 Å². The van der Waals surface area contributed by atoms with Gasteiger partial charge in [0.1, 0.15) is 10.8 Å². The Kier molecular flexibility index (Phi) is 5.40. The molecule has 1 aromatic heterocycles. The fraction of sp³-hybridized carbons (Fsp3) is 0.304. The Hall–Kier alpha value is -1.79. The zero-order chi connectivity index (χ0) is 20.7. The van der Waals surface area contributed by atoms with Gasteiger partial charge in [-0.05, 0) is 47.9 Å². The highest BCUT2D eigenvalue weighted by atomic mass is 35.5. The van der Waals surface area contributed by atoms with Crippen molar-refractivity contribution >= 4 is 40.8 Å². The number of fused-ring (bicyclic) bond motifs is 1. The molecule has 2 heterocycles. The Bertz CT molecular complexity index is 1070. The molecule has 3 aromatic rings. The molecule has 5 rings (SSSR count). The Morgan fingerprint density at radius 1 is 1.00 bits per heavy atom. The second-order valence-corrected chi connectivity index (χ2v) is 9.92. The topological polar surface area (TPSA) is 55.0 Å². The van der Waals surface area contributed by atoms with Gasteiger partial charge in [0.05, 0.1) is 22.4 Å². The zero-order valence-electron chi connectivity index (χ0n) is 16.4. The summed E-state index contributed by atoms with van der Waals surface area (Å²) in [7, 11) is 0. The molecule has 2 N–H and O–H groups in total. The van der Waals surface area contributed by atoms with E-state index in [-0.39, 0.29) is 11.5 Å². The summed E-state index contributed by atoms with van der Waals surface area (Å²) < 4.78 is 0. The van der Waals surface area contributed by atoms with Crippen LogP contribution in [0.15, 0.2) is 64.8 Å². The first-order valence-electron chi connectivity index (χ1n) is 10.1. The standard InChI is InChI=1S/C23H22Cl2N4S/c24-17-6-3-7-18(21(17)25)30-20-14-27-19(13-28-20)29-10-8-23(9-11-29)12-15-4-1-2-5-16(15)22(23)26/h1-7,13-14,22H,8-12,26H2. The van der Waals surface area contributed by atoms with Gasteiger partial charge in [-0.3, -0.25) is 0 Å². The summed E-state index contributed by atoms with van der Waals surface area (Å²) in [5.74, 6) is 0.912. The molecule has 0 saturated carbocycles. The van der Waals surface area contributed by atoms with E-state index in [1.54, 1.807) is 12.3 Å². The number of rotatable bonds is 3. The Morgan fingerprint density at radius 3 is 2.53 bits per heavy atom. The molecule has 1 aliphatic heterocycles. The molecule has 154 valence electrons. The lowest BCUT2D eigenvalue weighted by molar-refractivity contribution is 0.187. The maximum atomic E-state index is 6.69. The van der Waals surface area contributed by atoms with Crippen molar-refractivity contribution in [3.63, 3.8) is 0 Å². The first-order chi connectivity index (χ1) is 14.6. The van der Waals surface area contributed by atoms with E-state index in [0.29, 0.717) is 10.0 Å². The van der Waals surface area contributed by atoms with E-state index in [9.17, 15) is 0 Å². The number of halogens is 2. The number of piperidine rings is 1. The molecule has 1 unspecified atom stereocenters. The number of benzene rings is 2. The van der Waals surface area contributed by atoms with Crippen LogP contribution < -0.4 is 10.6 Å². The van der Waals surface area contributed by atoms with Gasteiger partial charge in [-0.25, -0.2) is 9.97 Å². The molecule has 30 heavy (non-hydrogen) atoms. The number of anilines is 1. The average molecular weight is 457 g/mol. The second-order valence-electron chi connectivity index (χ2n) is 8.07. The van der Waals surface area contributed by atoms with E-state index in [0.717, 1.165) is 48.1 Å². The summed E-state index contributed by atoms with van der Waals surface area (Å²) in [5.41, 5.74) is 9.60. The number of nitrogens with zero attached hydrogens (tertiary/aromatic N) is 3. The fourth-order valence-electron chi connectivity index (χ4n) is 4.69. The first-order valence-corrected chi connectivity index (χ1v) is 11.7. The molecular formula is C23H22Cl2N4S. The molecule has 0 bridgehead atoms. The maximum absolute atomic E-state index is 6.69. The van der Waals surface area contributed by atoms with E-state index < -0.39 is 0 Å². The molecule has 2 aliphatic rings. The molecular weight excluding hydrogens is 435 g/mol. The molecule has 0 amide bonds. The molecule has 1 atom stereocenters. The molecule has 0 radical (unpaired) electrons. The van der Waals surface area contributed by atoms with Crippen LogP contribution in [0.3, 0.4) is 0 Å². The van der Waals surface area contributed by atoms with Crippen molar-refractivity contribution in [2.24, 2.45) is 11.1 Å². The van der Waals surface area contributed by atoms with Crippen molar-refractivity contribution in [2.45, 2.75) is 35.2 Å². The highest BCUT2D eigenvalue weighted by Gasteiger charge is 2.45. The van der Waals surface area contributed by atoms with Crippen molar-refractivity contribution in [1.82, 2.24) is 9.97 Å². The summed E-state index contributed by atoms with van der Waals surface area (Å²) in [6.07, 6.45) is 6.87. The van der Waals surface area contributed by atoms with Crippen molar-refractivity contribution in [1.29, 1.82) is 0 Å². The van der Waals surface area contributed by atoms with Crippen LogP contribution >= 0.6 is 35.0 Å². The number of nitrogens with two attached hydrogens (primary N) is 1. The largest absolute Gasteiger partial charge is 0.355 e. The van der Waals surface area contributed by atoms with E-state index >= 15 is 0 Å². The van der Waals surface area contributed by atoms with Crippen LogP contribution in [0.4, 0.5) is 5.82 Å². The number of hydrogen-bond acceptors (Lipinski definition) is 5. The van der Waals surface area contributed by atoms with Gasteiger partial charge in [0.25, 0.3) is 0 Å². The predicted molar refractivity (Wildman–Crippen MR) is 124 cm³/mol. The fourth-order valence-corrected chi connectivity index (χ4v) is 5.94. The Balaban J connectivity index is 1.26. The van der Waals surface area contributed by atoms with Gasteiger partial charge in [0.2, 0.25) is 0 Å². The normalized spacial score (nSPS) is 19.8. The second kappa shape index (κ2) is 8.04. The summed E-state index contributed by atoms with van der Waals surface area (Å²) >= 11 is 13.8. The van der Waals surface area contributed by atoms with Crippen LogP contribution in [-0.2, 0) is 6.42 Å². The number of aromatic nitrogens is 2. The molecule has 1 aliphatic carbocycles.